The number of carbonyl (C=O) groups is 1. The minimum Gasteiger partial charge on any atom is -0.393 e. The Kier molecular flexibility index (Phi) is 5.16. The largest absolute Gasteiger partial charge is 0.393 e. The summed E-state index contributed by atoms with van der Waals surface area (Å²) in [4.78, 5) is 18.0. The van der Waals surface area contributed by atoms with Gasteiger partial charge in [-0.25, -0.2) is 0 Å². The maximum Gasteiger partial charge on any atom is 0.221 e. The van der Waals surface area contributed by atoms with E-state index < -0.39 is 0 Å². The average Bonchev–Trinajstić information content (AvgIpc) is 2.88. The number of amides is 1. The van der Waals surface area contributed by atoms with Gasteiger partial charge in [0.2, 0.25) is 5.91 Å². The van der Waals surface area contributed by atoms with E-state index in [1.807, 2.05) is 35.9 Å². The Hall–Kier alpha value is -1.92. The molecule has 1 fully saturated rings. The standard InChI is InChI=1S/C18H23N3O2S/c1-12(22)19-14-8-6-13(7-9-14)17-11-21(2)18(24-17)20-15-4-3-5-16(23)10-15/h6-9,11,15-16,23H,3-5,10H2,1-2H3,(H,19,22). The molecule has 1 aliphatic carbocycles. The molecule has 2 atom stereocenters. The molecule has 6 heteroatoms. The monoisotopic (exact) mass is 345 g/mol. The summed E-state index contributed by atoms with van der Waals surface area (Å²) in [5.74, 6) is -0.0685. The second kappa shape index (κ2) is 7.32. The third-order valence-electron chi connectivity index (χ3n) is 4.22. The van der Waals surface area contributed by atoms with Crippen LogP contribution in [-0.4, -0.2) is 27.7 Å². The van der Waals surface area contributed by atoms with Gasteiger partial charge in [-0.2, -0.15) is 0 Å². The zero-order chi connectivity index (χ0) is 17.1. The quantitative estimate of drug-likeness (QED) is 0.898. The normalized spacial score (nSPS) is 21.7. The predicted molar refractivity (Wildman–Crippen MR) is 96.9 cm³/mol. The van der Waals surface area contributed by atoms with Gasteiger partial charge in [0, 0.05) is 25.9 Å². The van der Waals surface area contributed by atoms with Crippen molar-refractivity contribution >= 4 is 22.9 Å². The molecule has 2 aromatic rings. The minimum atomic E-state index is -0.210. The molecule has 2 unspecified atom stereocenters. The van der Waals surface area contributed by atoms with Crippen LogP contribution in [0.3, 0.4) is 0 Å². The van der Waals surface area contributed by atoms with Crippen molar-refractivity contribution in [2.24, 2.45) is 12.0 Å². The molecule has 128 valence electrons. The van der Waals surface area contributed by atoms with Crippen LogP contribution in [0.1, 0.15) is 32.6 Å². The fraction of sp³-hybridized carbons (Fsp3) is 0.444. The fourth-order valence-corrected chi connectivity index (χ4v) is 4.07. The van der Waals surface area contributed by atoms with Crippen LogP contribution >= 0.6 is 11.3 Å². The van der Waals surface area contributed by atoms with Gasteiger partial charge < -0.3 is 15.0 Å². The molecule has 0 spiro atoms. The molecule has 1 saturated carbocycles. The van der Waals surface area contributed by atoms with Crippen molar-refractivity contribution in [3.63, 3.8) is 0 Å². The lowest BCUT2D eigenvalue weighted by molar-refractivity contribution is -0.114. The summed E-state index contributed by atoms with van der Waals surface area (Å²) in [5, 5.41) is 12.6. The van der Waals surface area contributed by atoms with Crippen molar-refractivity contribution in [2.75, 3.05) is 5.32 Å². The van der Waals surface area contributed by atoms with E-state index in [1.165, 1.54) is 6.92 Å². The number of aliphatic hydroxyl groups is 1. The molecule has 1 heterocycles. The van der Waals surface area contributed by atoms with E-state index >= 15 is 0 Å². The number of aliphatic hydroxyl groups excluding tert-OH is 1. The molecular weight excluding hydrogens is 322 g/mol. The van der Waals surface area contributed by atoms with E-state index in [0.717, 1.165) is 46.6 Å². The zero-order valence-corrected chi connectivity index (χ0v) is 14.8. The molecule has 0 radical (unpaired) electrons. The van der Waals surface area contributed by atoms with Gasteiger partial charge in [-0.3, -0.25) is 9.79 Å². The topological polar surface area (TPSA) is 66.6 Å². The van der Waals surface area contributed by atoms with Crippen LogP contribution in [0.4, 0.5) is 5.69 Å². The average molecular weight is 345 g/mol. The molecule has 2 N–H and O–H groups in total. The van der Waals surface area contributed by atoms with Crippen molar-refractivity contribution in [3.8, 4) is 10.4 Å². The summed E-state index contributed by atoms with van der Waals surface area (Å²) < 4.78 is 2.04. The summed E-state index contributed by atoms with van der Waals surface area (Å²) in [6, 6.07) is 8.04. The molecule has 1 aromatic heterocycles. The maximum absolute atomic E-state index is 11.1. The van der Waals surface area contributed by atoms with Gasteiger partial charge in [0.15, 0.2) is 4.80 Å². The first-order chi connectivity index (χ1) is 11.5. The Labute approximate surface area is 145 Å². The number of carbonyl (C=O) groups excluding carboxylic acids is 1. The van der Waals surface area contributed by atoms with Gasteiger partial charge in [-0.1, -0.05) is 23.5 Å². The number of aromatic nitrogens is 1. The number of anilines is 1. The van der Waals surface area contributed by atoms with E-state index in [0.29, 0.717) is 0 Å². The maximum atomic E-state index is 11.1. The number of aryl methyl sites for hydroxylation is 1. The number of thiazole rings is 1. The number of nitrogens with zero attached hydrogens (tertiary/aromatic N) is 2. The first kappa shape index (κ1) is 16.9. The van der Waals surface area contributed by atoms with Crippen molar-refractivity contribution in [2.45, 2.75) is 44.8 Å². The van der Waals surface area contributed by atoms with Gasteiger partial charge in [-0.15, -0.1) is 0 Å². The van der Waals surface area contributed by atoms with Crippen LogP contribution in [0.5, 0.6) is 0 Å². The highest BCUT2D eigenvalue weighted by Crippen LogP contribution is 2.25. The lowest BCUT2D eigenvalue weighted by atomic mass is 9.94. The fourth-order valence-electron chi connectivity index (χ4n) is 3.01. The van der Waals surface area contributed by atoms with Gasteiger partial charge >= 0.3 is 0 Å². The van der Waals surface area contributed by atoms with Gasteiger partial charge in [0.05, 0.1) is 17.0 Å². The molecule has 5 nitrogen and oxygen atoms in total. The first-order valence-electron chi connectivity index (χ1n) is 8.27. The van der Waals surface area contributed by atoms with Crippen LogP contribution in [0.25, 0.3) is 10.4 Å². The summed E-state index contributed by atoms with van der Waals surface area (Å²) in [6.07, 6.45) is 5.62. The minimum absolute atomic E-state index is 0.0685. The third kappa shape index (κ3) is 4.13. The zero-order valence-electron chi connectivity index (χ0n) is 14.0. The molecule has 0 saturated heterocycles. The predicted octanol–water partition coefficient (Wildman–Crippen LogP) is 2.92. The Morgan fingerprint density at radius 3 is 2.75 bits per heavy atom. The van der Waals surface area contributed by atoms with E-state index in [4.69, 9.17) is 4.99 Å². The summed E-state index contributed by atoms with van der Waals surface area (Å²) in [6.45, 7) is 1.50. The molecule has 24 heavy (non-hydrogen) atoms. The molecule has 0 aliphatic heterocycles. The van der Waals surface area contributed by atoms with Gasteiger partial charge in [0.1, 0.15) is 0 Å². The lowest BCUT2D eigenvalue weighted by Gasteiger charge is -2.22. The second-order valence-electron chi connectivity index (χ2n) is 6.35. The Morgan fingerprint density at radius 2 is 2.08 bits per heavy atom. The second-order valence-corrected chi connectivity index (χ2v) is 7.36. The summed E-state index contributed by atoms with van der Waals surface area (Å²) in [5.41, 5.74) is 1.91. The molecule has 1 amide bonds. The van der Waals surface area contributed by atoms with Crippen LogP contribution in [0, 0.1) is 0 Å². The first-order valence-corrected chi connectivity index (χ1v) is 9.09. The van der Waals surface area contributed by atoms with Gasteiger partial charge in [0.25, 0.3) is 0 Å². The number of benzene rings is 1. The highest BCUT2D eigenvalue weighted by Gasteiger charge is 2.19. The molecule has 0 bridgehead atoms. The van der Waals surface area contributed by atoms with E-state index in [-0.39, 0.29) is 18.1 Å². The number of hydrogen-bond acceptors (Lipinski definition) is 4. The van der Waals surface area contributed by atoms with Crippen LogP contribution in [0.2, 0.25) is 0 Å². The SMILES string of the molecule is CC(=O)Nc1ccc(-c2cn(C)c(=NC3CCCC(O)C3)s2)cc1. The summed E-state index contributed by atoms with van der Waals surface area (Å²) >= 11 is 1.65. The Bertz CT molecular complexity index is 776. The summed E-state index contributed by atoms with van der Waals surface area (Å²) in [7, 11) is 2.00. The lowest BCUT2D eigenvalue weighted by Crippen LogP contribution is -2.25. The number of hydrogen-bond donors (Lipinski definition) is 2. The van der Waals surface area contributed by atoms with Crippen molar-refractivity contribution in [1.82, 2.24) is 4.57 Å². The highest BCUT2D eigenvalue weighted by molar-refractivity contribution is 7.12. The van der Waals surface area contributed by atoms with Gasteiger partial charge in [-0.05, 0) is 43.4 Å². The number of nitrogens with one attached hydrogen (secondary N) is 1. The van der Waals surface area contributed by atoms with E-state index in [2.05, 4.69) is 11.5 Å². The number of rotatable bonds is 3. The van der Waals surface area contributed by atoms with Crippen molar-refractivity contribution in [1.29, 1.82) is 0 Å². The Balaban J connectivity index is 1.81. The highest BCUT2D eigenvalue weighted by atomic mass is 32.1. The Morgan fingerprint density at radius 1 is 1.33 bits per heavy atom. The smallest absolute Gasteiger partial charge is 0.221 e. The molecular formula is C18H23N3O2S. The van der Waals surface area contributed by atoms with Crippen LogP contribution in [0.15, 0.2) is 35.5 Å². The van der Waals surface area contributed by atoms with Crippen molar-refractivity contribution < 1.29 is 9.90 Å². The van der Waals surface area contributed by atoms with E-state index in [1.54, 1.807) is 11.3 Å². The van der Waals surface area contributed by atoms with Crippen molar-refractivity contribution in [3.05, 3.63) is 35.3 Å². The molecule has 1 aromatic carbocycles. The van der Waals surface area contributed by atoms with E-state index in [9.17, 15) is 9.90 Å². The van der Waals surface area contributed by atoms with Crippen LogP contribution in [-0.2, 0) is 11.8 Å². The molecule has 3 rings (SSSR count). The molecule has 1 aliphatic rings. The third-order valence-corrected chi connectivity index (χ3v) is 5.35. The van der Waals surface area contributed by atoms with Crippen LogP contribution < -0.4 is 10.1 Å².